The summed E-state index contributed by atoms with van der Waals surface area (Å²) in [5.41, 5.74) is 1.83. The fraction of sp³-hybridized carbons (Fsp3) is 0.500. The Hall–Kier alpha value is -2.59. The van der Waals surface area contributed by atoms with E-state index in [4.69, 9.17) is 47.4 Å². The molecule has 9 nitrogen and oxygen atoms in total. The molecule has 37 heavy (non-hydrogen) atoms. The van der Waals surface area contributed by atoms with Crippen molar-refractivity contribution < 1.29 is 14.2 Å². The quantitative estimate of drug-likeness (QED) is 0.399. The molecule has 0 bridgehead atoms. The summed E-state index contributed by atoms with van der Waals surface area (Å²) >= 11 is 13.5. The van der Waals surface area contributed by atoms with Crippen molar-refractivity contribution in [3.63, 3.8) is 0 Å². The molecule has 1 aromatic carbocycles. The Morgan fingerprint density at radius 1 is 1.08 bits per heavy atom. The minimum absolute atomic E-state index is 0.184. The largest absolute Gasteiger partial charge is 0.495 e. The van der Waals surface area contributed by atoms with Crippen LogP contribution < -0.4 is 20.1 Å². The molecule has 0 aliphatic carbocycles. The highest BCUT2D eigenvalue weighted by atomic mass is 35.5. The van der Waals surface area contributed by atoms with E-state index in [0.717, 1.165) is 49.9 Å². The van der Waals surface area contributed by atoms with Gasteiger partial charge in [0.25, 0.3) is 0 Å². The van der Waals surface area contributed by atoms with Gasteiger partial charge in [0, 0.05) is 42.4 Å². The van der Waals surface area contributed by atoms with Crippen molar-refractivity contribution >= 4 is 45.9 Å². The lowest BCUT2D eigenvalue weighted by Gasteiger charge is -2.23. The van der Waals surface area contributed by atoms with E-state index in [1.54, 1.807) is 26.5 Å². The number of hydrogen-bond donors (Lipinski definition) is 2. The highest BCUT2D eigenvalue weighted by Gasteiger charge is 2.24. The minimum Gasteiger partial charge on any atom is -0.495 e. The first-order valence-corrected chi connectivity index (χ1v) is 13.3. The molecule has 0 amide bonds. The Labute approximate surface area is 226 Å². The van der Waals surface area contributed by atoms with E-state index in [9.17, 15) is 0 Å². The molecule has 0 radical (unpaired) electrons. The molecule has 2 saturated heterocycles. The molecule has 3 aromatic rings. The van der Waals surface area contributed by atoms with Gasteiger partial charge in [-0.1, -0.05) is 23.2 Å². The van der Waals surface area contributed by atoms with E-state index in [1.807, 2.05) is 6.07 Å². The number of anilines is 2. The summed E-state index contributed by atoms with van der Waals surface area (Å²) in [7, 11) is 5.26. The number of nitrogens with one attached hydrogen (secondary N) is 2. The second-order valence-electron chi connectivity index (χ2n) is 9.49. The van der Waals surface area contributed by atoms with Gasteiger partial charge in [0.05, 0.1) is 42.6 Å². The third kappa shape index (κ3) is 5.50. The number of benzene rings is 1. The summed E-state index contributed by atoms with van der Waals surface area (Å²) in [6.07, 6.45) is 6.16. The first-order valence-electron chi connectivity index (χ1n) is 12.5. The third-order valence-corrected chi connectivity index (χ3v) is 7.82. The Bertz CT molecular complexity index is 1240. The molecule has 2 atom stereocenters. The molecular weight excluding hydrogens is 515 g/mol. The van der Waals surface area contributed by atoms with Crippen molar-refractivity contribution in [3.05, 3.63) is 28.4 Å². The van der Waals surface area contributed by atoms with Crippen LogP contribution in [-0.2, 0) is 4.74 Å². The predicted molar refractivity (Wildman–Crippen MR) is 147 cm³/mol. The lowest BCUT2D eigenvalue weighted by atomic mass is 10.1. The fourth-order valence-electron chi connectivity index (χ4n) is 4.96. The third-order valence-electron chi connectivity index (χ3n) is 7.07. The van der Waals surface area contributed by atoms with Crippen molar-refractivity contribution in [2.45, 2.75) is 37.8 Å². The maximum Gasteiger partial charge on any atom is 0.223 e. The first kappa shape index (κ1) is 26.0. The molecule has 2 N–H and O–H groups in total. The topological polar surface area (TPSA) is 93.7 Å². The number of halogens is 2. The van der Waals surface area contributed by atoms with Crippen molar-refractivity contribution in [3.8, 4) is 22.8 Å². The van der Waals surface area contributed by atoms with Crippen LogP contribution in [0.2, 0.25) is 10.0 Å². The molecule has 0 spiro atoms. The van der Waals surface area contributed by atoms with Crippen LogP contribution in [0.4, 0.5) is 11.8 Å². The number of pyridine rings is 1. The number of likely N-dealkylation sites (N-methyl/N-ethyl adjacent to an activating group) is 1. The minimum atomic E-state index is 0.184. The number of nitrogens with zero attached hydrogens (tertiary/aromatic N) is 4. The monoisotopic (exact) mass is 546 g/mol. The molecular formula is C26H32Cl2N6O3. The molecule has 0 saturated carbocycles. The number of methoxy groups -OCH3 is 2. The molecule has 2 unspecified atom stereocenters. The maximum absolute atomic E-state index is 6.73. The molecule has 2 aromatic heterocycles. The van der Waals surface area contributed by atoms with Crippen LogP contribution in [0.5, 0.6) is 11.5 Å². The Morgan fingerprint density at radius 3 is 2.51 bits per heavy atom. The van der Waals surface area contributed by atoms with Gasteiger partial charge < -0.3 is 29.7 Å². The Balaban J connectivity index is 1.58. The van der Waals surface area contributed by atoms with E-state index >= 15 is 0 Å². The normalized spacial score (nSPS) is 20.2. The standard InChI is InChI=1S/C26H32Cl2N6O3/c1-34-8-4-7-17(34)13-29-25-24-15(12-30-26(33-24)31-16-6-5-9-37-14-16)10-18(32-25)21-22(27)19(35-2)11-20(36-3)23(21)28/h10-12,16-17H,4-9,13-14H2,1-3H3,(H,29,32)(H,30,31,33). The first-order chi connectivity index (χ1) is 18.0. The number of rotatable bonds is 8. The lowest BCUT2D eigenvalue weighted by Crippen LogP contribution is -2.32. The van der Waals surface area contributed by atoms with Crippen molar-refractivity contribution in [1.82, 2.24) is 19.9 Å². The zero-order valence-corrected chi connectivity index (χ0v) is 22.8. The van der Waals surface area contributed by atoms with Gasteiger partial charge in [0.1, 0.15) is 17.0 Å². The van der Waals surface area contributed by atoms with Crippen LogP contribution in [0.1, 0.15) is 25.7 Å². The van der Waals surface area contributed by atoms with Gasteiger partial charge in [-0.05, 0) is 45.3 Å². The van der Waals surface area contributed by atoms with Crippen LogP contribution in [0.15, 0.2) is 18.3 Å². The van der Waals surface area contributed by atoms with Gasteiger partial charge in [0.15, 0.2) is 5.82 Å². The fourth-order valence-corrected chi connectivity index (χ4v) is 5.65. The molecule has 2 fully saturated rings. The number of ether oxygens (including phenoxy) is 3. The summed E-state index contributed by atoms with van der Waals surface area (Å²) < 4.78 is 16.6. The van der Waals surface area contributed by atoms with Crippen molar-refractivity contribution in [1.29, 1.82) is 0 Å². The molecule has 2 aliphatic rings. The van der Waals surface area contributed by atoms with Gasteiger partial charge in [-0.2, -0.15) is 0 Å². The summed E-state index contributed by atoms with van der Waals surface area (Å²) in [6.45, 7) is 3.28. The van der Waals surface area contributed by atoms with E-state index in [-0.39, 0.29) is 6.04 Å². The van der Waals surface area contributed by atoms with Gasteiger partial charge >= 0.3 is 0 Å². The zero-order valence-electron chi connectivity index (χ0n) is 21.3. The maximum atomic E-state index is 6.73. The second kappa shape index (κ2) is 11.4. The Kier molecular flexibility index (Phi) is 8.04. The second-order valence-corrected chi connectivity index (χ2v) is 10.2. The molecule has 11 heteroatoms. The SMILES string of the molecule is COc1cc(OC)c(Cl)c(-c2cc3cnc(NC4CCCOC4)nc3c(NCC3CCCN3C)n2)c1Cl. The van der Waals surface area contributed by atoms with Gasteiger partial charge in [0.2, 0.25) is 5.95 Å². The van der Waals surface area contributed by atoms with E-state index in [0.29, 0.717) is 57.2 Å². The number of aromatic nitrogens is 3. The van der Waals surface area contributed by atoms with Crippen LogP contribution in [-0.4, -0.2) is 79.5 Å². The van der Waals surface area contributed by atoms with Gasteiger partial charge in [-0.25, -0.2) is 15.0 Å². The number of fused-ring (bicyclic) bond motifs is 1. The van der Waals surface area contributed by atoms with Crippen LogP contribution in [0.3, 0.4) is 0 Å². The lowest BCUT2D eigenvalue weighted by molar-refractivity contribution is 0.0874. The highest BCUT2D eigenvalue weighted by Crippen LogP contribution is 2.46. The highest BCUT2D eigenvalue weighted by molar-refractivity contribution is 6.41. The van der Waals surface area contributed by atoms with E-state index < -0.39 is 0 Å². The summed E-state index contributed by atoms with van der Waals surface area (Å²) in [5, 5.41) is 8.50. The average molecular weight is 547 g/mol. The van der Waals surface area contributed by atoms with Crippen molar-refractivity contribution in [2.24, 2.45) is 0 Å². The van der Waals surface area contributed by atoms with Crippen LogP contribution in [0.25, 0.3) is 22.2 Å². The molecule has 4 heterocycles. The van der Waals surface area contributed by atoms with E-state index in [1.165, 1.54) is 6.42 Å². The molecule has 2 aliphatic heterocycles. The van der Waals surface area contributed by atoms with Gasteiger partial charge in [-0.15, -0.1) is 0 Å². The summed E-state index contributed by atoms with van der Waals surface area (Å²) in [4.78, 5) is 16.8. The average Bonchev–Trinajstić information content (AvgIpc) is 3.32. The van der Waals surface area contributed by atoms with Crippen LogP contribution in [0, 0.1) is 0 Å². The zero-order chi connectivity index (χ0) is 25.9. The summed E-state index contributed by atoms with van der Waals surface area (Å²) in [5.74, 6) is 2.10. The number of hydrogen-bond acceptors (Lipinski definition) is 9. The molecule has 198 valence electrons. The number of likely N-dealkylation sites (tertiary alicyclic amines) is 1. The molecule has 5 rings (SSSR count). The van der Waals surface area contributed by atoms with Gasteiger partial charge in [-0.3, -0.25) is 0 Å². The predicted octanol–water partition coefficient (Wildman–Crippen LogP) is 5.11. The summed E-state index contributed by atoms with van der Waals surface area (Å²) in [6, 6.07) is 4.16. The Morgan fingerprint density at radius 2 is 1.86 bits per heavy atom. The van der Waals surface area contributed by atoms with Crippen molar-refractivity contribution in [2.75, 3.05) is 58.2 Å². The van der Waals surface area contributed by atoms with Crippen LogP contribution >= 0.6 is 23.2 Å². The van der Waals surface area contributed by atoms with E-state index in [2.05, 4.69) is 27.6 Å². The smallest absolute Gasteiger partial charge is 0.223 e.